The van der Waals surface area contributed by atoms with E-state index < -0.39 is 11.8 Å². The minimum absolute atomic E-state index is 0.0725. The molecule has 7 heteroatoms. The Labute approximate surface area is 135 Å². The summed E-state index contributed by atoms with van der Waals surface area (Å²) >= 11 is 0. The summed E-state index contributed by atoms with van der Waals surface area (Å²) in [5, 5.41) is 2.84. The topological polar surface area (TPSA) is 124 Å². The first kappa shape index (κ1) is 16.9. The molecule has 0 radical (unpaired) electrons. The molecule has 124 valence electrons. The summed E-state index contributed by atoms with van der Waals surface area (Å²) in [4.78, 5) is 32.1. The van der Waals surface area contributed by atoms with Gasteiger partial charge in [-0.2, -0.15) is 0 Å². The molecule has 0 fully saturated rings. The number of nitrogen functional groups attached to an aromatic ring is 1. The zero-order valence-electron chi connectivity index (χ0n) is 13.5. The highest BCUT2D eigenvalue weighted by Gasteiger charge is 2.29. The van der Waals surface area contributed by atoms with Crippen LogP contribution in [-0.2, 0) is 11.2 Å². The van der Waals surface area contributed by atoms with Crippen LogP contribution in [0.3, 0.4) is 0 Å². The molecule has 0 saturated heterocycles. The Morgan fingerprint density at radius 2 is 2.00 bits per heavy atom. The van der Waals surface area contributed by atoms with Crippen LogP contribution >= 0.6 is 0 Å². The van der Waals surface area contributed by atoms with Crippen LogP contribution in [0.25, 0.3) is 0 Å². The number of aromatic nitrogens is 2. The lowest BCUT2D eigenvalue weighted by Gasteiger charge is -2.26. The van der Waals surface area contributed by atoms with Crippen molar-refractivity contribution in [3.05, 3.63) is 29.6 Å². The first-order chi connectivity index (χ1) is 10.9. The molecule has 1 aliphatic carbocycles. The van der Waals surface area contributed by atoms with Gasteiger partial charge in [0, 0.05) is 11.7 Å². The predicted molar refractivity (Wildman–Crippen MR) is 87.3 cm³/mol. The largest absolute Gasteiger partial charge is 0.369 e. The highest BCUT2D eigenvalue weighted by molar-refractivity contribution is 5.93. The first-order valence-electron chi connectivity index (χ1n) is 7.75. The number of carbonyl (C=O) groups is 2. The minimum Gasteiger partial charge on any atom is -0.369 e. The summed E-state index contributed by atoms with van der Waals surface area (Å²) in [5.41, 5.74) is 12.0. The molecule has 23 heavy (non-hydrogen) atoms. The summed E-state index contributed by atoms with van der Waals surface area (Å²) in [6, 6.07) is 1.32. The fourth-order valence-electron chi connectivity index (χ4n) is 2.69. The molecule has 2 rings (SSSR count). The van der Waals surface area contributed by atoms with Gasteiger partial charge in [0.25, 0.3) is 5.91 Å². The van der Waals surface area contributed by atoms with Gasteiger partial charge in [-0.1, -0.05) is 26.0 Å². The molecule has 0 aliphatic heterocycles. The van der Waals surface area contributed by atoms with Gasteiger partial charge in [0.15, 0.2) is 0 Å². The van der Waals surface area contributed by atoms with E-state index in [1.807, 2.05) is 12.2 Å². The van der Waals surface area contributed by atoms with Crippen LogP contribution < -0.4 is 16.8 Å². The monoisotopic (exact) mass is 317 g/mol. The van der Waals surface area contributed by atoms with Crippen molar-refractivity contribution in [2.75, 3.05) is 5.73 Å². The van der Waals surface area contributed by atoms with E-state index in [1.54, 1.807) is 6.07 Å². The van der Waals surface area contributed by atoms with E-state index in [-0.39, 0.29) is 23.6 Å². The van der Waals surface area contributed by atoms with Crippen molar-refractivity contribution >= 4 is 17.8 Å². The predicted octanol–water partition coefficient (Wildman–Crippen LogP) is 0.807. The van der Waals surface area contributed by atoms with Gasteiger partial charge in [-0.05, 0) is 31.2 Å². The highest BCUT2D eigenvalue weighted by atomic mass is 16.2. The third-order valence-corrected chi connectivity index (χ3v) is 3.76. The highest BCUT2D eigenvalue weighted by Crippen LogP contribution is 2.19. The minimum atomic E-state index is -0.414. The Hall–Kier alpha value is -2.44. The zero-order chi connectivity index (χ0) is 17.0. The molecule has 0 aromatic carbocycles. The fourth-order valence-corrected chi connectivity index (χ4v) is 2.69. The third-order valence-electron chi connectivity index (χ3n) is 3.76. The van der Waals surface area contributed by atoms with Crippen LogP contribution in [0.5, 0.6) is 0 Å². The van der Waals surface area contributed by atoms with Crippen molar-refractivity contribution in [1.29, 1.82) is 0 Å². The van der Waals surface area contributed by atoms with Gasteiger partial charge in [0.1, 0.15) is 5.69 Å². The van der Waals surface area contributed by atoms with Crippen LogP contribution in [0.1, 0.15) is 42.9 Å². The van der Waals surface area contributed by atoms with Crippen LogP contribution in [0.15, 0.2) is 18.2 Å². The van der Waals surface area contributed by atoms with E-state index in [9.17, 15) is 9.59 Å². The molecule has 1 aromatic heterocycles. The molecular weight excluding hydrogens is 294 g/mol. The Bertz CT molecular complexity index is 627. The number of nitrogens with two attached hydrogens (primary N) is 2. The number of carbonyl (C=O) groups excluding carboxylic acids is 2. The molecule has 1 aliphatic rings. The van der Waals surface area contributed by atoms with E-state index in [1.165, 1.54) is 0 Å². The van der Waals surface area contributed by atoms with Crippen LogP contribution in [0, 0.1) is 11.8 Å². The van der Waals surface area contributed by atoms with Gasteiger partial charge >= 0.3 is 0 Å². The molecule has 0 spiro atoms. The molecule has 7 nitrogen and oxygen atoms in total. The Balaban J connectivity index is 2.15. The zero-order valence-corrected chi connectivity index (χ0v) is 13.5. The summed E-state index contributed by atoms with van der Waals surface area (Å²) in [6.07, 6.45) is 5.65. The van der Waals surface area contributed by atoms with Crippen LogP contribution in [-0.4, -0.2) is 27.8 Å². The van der Waals surface area contributed by atoms with Gasteiger partial charge < -0.3 is 16.8 Å². The molecule has 0 bridgehead atoms. The molecule has 1 aromatic rings. The Morgan fingerprint density at radius 1 is 1.30 bits per heavy atom. The number of anilines is 1. The second-order valence-electron chi connectivity index (χ2n) is 6.23. The van der Waals surface area contributed by atoms with Crippen molar-refractivity contribution in [2.45, 2.75) is 39.2 Å². The maximum absolute atomic E-state index is 12.4. The summed E-state index contributed by atoms with van der Waals surface area (Å²) in [5.74, 6) is -0.720. The lowest BCUT2D eigenvalue weighted by molar-refractivity contribution is -0.122. The average molecular weight is 317 g/mol. The SMILES string of the molecule is CC(C)Cc1cc(C(=O)N[C@H]2CC=CC[C@@H]2C(N)=O)nc(N)n1. The summed E-state index contributed by atoms with van der Waals surface area (Å²) < 4.78 is 0. The van der Waals surface area contributed by atoms with Crippen molar-refractivity contribution in [3.8, 4) is 0 Å². The molecule has 5 N–H and O–H groups in total. The molecule has 0 unspecified atom stereocenters. The van der Waals surface area contributed by atoms with Crippen molar-refractivity contribution in [1.82, 2.24) is 15.3 Å². The number of primary amides is 1. The number of rotatable bonds is 5. The molecule has 1 heterocycles. The number of nitrogens with one attached hydrogen (secondary N) is 1. The van der Waals surface area contributed by atoms with Gasteiger partial charge in [-0.3, -0.25) is 9.59 Å². The fraction of sp³-hybridized carbons (Fsp3) is 0.500. The molecule has 2 amide bonds. The quantitative estimate of drug-likeness (QED) is 0.693. The lowest BCUT2D eigenvalue weighted by atomic mass is 9.88. The maximum atomic E-state index is 12.4. The van der Waals surface area contributed by atoms with E-state index in [4.69, 9.17) is 11.5 Å². The Kier molecular flexibility index (Phi) is 5.31. The normalized spacial score (nSPS) is 20.5. The van der Waals surface area contributed by atoms with Crippen molar-refractivity contribution < 1.29 is 9.59 Å². The van der Waals surface area contributed by atoms with Gasteiger partial charge in [-0.25, -0.2) is 9.97 Å². The van der Waals surface area contributed by atoms with Gasteiger partial charge in [-0.15, -0.1) is 0 Å². The van der Waals surface area contributed by atoms with E-state index in [0.717, 1.165) is 5.69 Å². The van der Waals surface area contributed by atoms with E-state index >= 15 is 0 Å². The van der Waals surface area contributed by atoms with E-state index in [2.05, 4.69) is 29.1 Å². The molecule has 2 atom stereocenters. The number of allylic oxidation sites excluding steroid dienone is 1. The third kappa shape index (κ3) is 4.51. The molecule has 0 saturated carbocycles. The van der Waals surface area contributed by atoms with Gasteiger partial charge in [0.2, 0.25) is 11.9 Å². The summed E-state index contributed by atoms with van der Waals surface area (Å²) in [6.45, 7) is 4.12. The number of hydrogen-bond acceptors (Lipinski definition) is 5. The maximum Gasteiger partial charge on any atom is 0.270 e. The van der Waals surface area contributed by atoms with Crippen LogP contribution in [0.2, 0.25) is 0 Å². The van der Waals surface area contributed by atoms with E-state index in [0.29, 0.717) is 25.2 Å². The Morgan fingerprint density at radius 3 is 2.65 bits per heavy atom. The van der Waals surface area contributed by atoms with Crippen LogP contribution in [0.4, 0.5) is 5.95 Å². The van der Waals surface area contributed by atoms with Crippen molar-refractivity contribution in [3.63, 3.8) is 0 Å². The van der Waals surface area contributed by atoms with Gasteiger partial charge in [0.05, 0.1) is 5.92 Å². The standard InChI is InChI=1S/C16H23N5O2/c1-9(2)7-10-8-13(21-16(18)19-10)15(23)20-12-6-4-3-5-11(12)14(17)22/h3-4,8-9,11-12H,5-7H2,1-2H3,(H2,17,22)(H,20,23)(H2,18,19,21)/t11-,12-/m0/s1. The number of nitrogens with zero attached hydrogens (tertiary/aromatic N) is 2. The second kappa shape index (κ2) is 7.21. The lowest BCUT2D eigenvalue weighted by Crippen LogP contribution is -2.46. The first-order valence-corrected chi connectivity index (χ1v) is 7.75. The summed E-state index contributed by atoms with van der Waals surface area (Å²) in [7, 11) is 0. The second-order valence-corrected chi connectivity index (χ2v) is 6.23. The van der Waals surface area contributed by atoms with Crippen molar-refractivity contribution in [2.24, 2.45) is 17.6 Å². The average Bonchev–Trinajstić information content (AvgIpc) is 2.46. The smallest absolute Gasteiger partial charge is 0.270 e. The number of amides is 2. The molecular formula is C16H23N5O2. The number of hydrogen-bond donors (Lipinski definition) is 3.